The van der Waals surface area contributed by atoms with E-state index in [9.17, 15) is 4.79 Å². The molecule has 0 unspecified atom stereocenters. The van der Waals surface area contributed by atoms with Crippen molar-refractivity contribution in [2.75, 3.05) is 18.0 Å². The molecule has 0 heterocycles. The number of nitrogen functional groups attached to an aromatic ring is 2. The fourth-order valence-corrected chi connectivity index (χ4v) is 1.82. The van der Waals surface area contributed by atoms with Crippen molar-refractivity contribution >= 4 is 17.3 Å². The molecule has 5 N–H and O–H groups in total. The van der Waals surface area contributed by atoms with Crippen LogP contribution in [-0.4, -0.2) is 12.5 Å². The Kier molecular flexibility index (Phi) is 2.99. The van der Waals surface area contributed by atoms with Gasteiger partial charge in [0.1, 0.15) is 0 Å². The molecule has 16 heavy (non-hydrogen) atoms. The summed E-state index contributed by atoms with van der Waals surface area (Å²) in [7, 11) is 0. The standard InChI is InChI=1S/C12H17N3O/c13-9-4-5-10(11(14)6-9)12(16)15-7-8-2-1-3-8/h4-6,8H,1-3,7,13-14H2,(H,15,16). The molecule has 1 aliphatic rings. The molecule has 4 nitrogen and oxygen atoms in total. The maximum Gasteiger partial charge on any atom is 0.253 e. The van der Waals surface area contributed by atoms with E-state index >= 15 is 0 Å². The molecule has 1 fully saturated rings. The number of hydrogen-bond acceptors (Lipinski definition) is 3. The van der Waals surface area contributed by atoms with Gasteiger partial charge in [0.2, 0.25) is 0 Å². The number of carbonyl (C=O) groups is 1. The number of rotatable bonds is 3. The van der Waals surface area contributed by atoms with E-state index in [2.05, 4.69) is 5.32 Å². The zero-order valence-corrected chi connectivity index (χ0v) is 9.20. The first-order valence-electron chi connectivity index (χ1n) is 5.60. The highest BCUT2D eigenvalue weighted by atomic mass is 16.1. The molecule has 4 heteroatoms. The Balaban J connectivity index is 1.96. The molecule has 0 aliphatic heterocycles. The first-order chi connectivity index (χ1) is 7.66. The maximum absolute atomic E-state index is 11.8. The SMILES string of the molecule is Nc1ccc(C(=O)NCC2CCC2)c(N)c1. The summed E-state index contributed by atoms with van der Waals surface area (Å²) in [6.07, 6.45) is 3.72. The molecule has 0 saturated heterocycles. The zero-order chi connectivity index (χ0) is 11.5. The molecule has 1 aliphatic carbocycles. The molecule has 0 radical (unpaired) electrons. The topological polar surface area (TPSA) is 81.1 Å². The van der Waals surface area contributed by atoms with Crippen LogP contribution in [0.25, 0.3) is 0 Å². The van der Waals surface area contributed by atoms with Crippen LogP contribution in [-0.2, 0) is 0 Å². The Morgan fingerprint density at radius 3 is 2.69 bits per heavy atom. The van der Waals surface area contributed by atoms with Crippen LogP contribution in [0, 0.1) is 5.92 Å². The number of nitrogens with two attached hydrogens (primary N) is 2. The summed E-state index contributed by atoms with van der Waals surface area (Å²) in [5.74, 6) is 0.545. The second kappa shape index (κ2) is 4.43. The summed E-state index contributed by atoms with van der Waals surface area (Å²) in [5.41, 5.74) is 12.8. The van der Waals surface area contributed by atoms with Crippen LogP contribution in [0.3, 0.4) is 0 Å². The van der Waals surface area contributed by atoms with E-state index in [1.807, 2.05) is 0 Å². The molecule has 0 aromatic heterocycles. The summed E-state index contributed by atoms with van der Waals surface area (Å²) in [6.45, 7) is 0.753. The molecule has 0 atom stereocenters. The fraction of sp³-hybridized carbons (Fsp3) is 0.417. The van der Waals surface area contributed by atoms with E-state index in [1.54, 1.807) is 18.2 Å². The third-order valence-electron chi connectivity index (χ3n) is 3.10. The van der Waals surface area contributed by atoms with Gasteiger partial charge in [-0.2, -0.15) is 0 Å². The quantitative estimate of drug-likeness (QED) is 0.672. The highest BCUT2D eigenvalue weighted by Gasteiger charge is 2.18. The number of amides is 1. The second-order valence-electron chi connectivity index (χ2n) is 4.35. The van der Waals surface area contributed by atoms with Crippen LogP contribution in [0.15, 0.2) is 18.2 Å². The van der Waals surface area contributed by atoms with E-state index in [1.165, 1.54) is 19.3 Å². The molecule has 86 valence electrons. The maximum atomic E-state index is 11.8. The van der Waals surface area contributed by atoms with Crippen molar-refractivity contribution in [2.24, 2.45) is 5.92 Å². The Morgan fingerprint density at radius 1 is 1.38 bits per heavy atom. The van der Waals surface area contributed by atoms with Crippen LogP contribution in [0.5, 0.6) is 0 Å². The van der Waals surface area contributed by atoms with Gasteiger partial charge in [-0.15, -0.1) is 0 Å². The monoisotopic (exact) mass is 219 g/mol. The highest BCUT2D eigenvalue weighted by Crippen LogP contribution is 2.25. The van der Waals surface area contributed by atoms with Gasteiger partial charge in [0.05, 0.1) is 5.56 Å². The van der Waals surface area contributed by atoms with Gasteiger partial charge in [0.25, 0.3) is 5.91 Å². The van der Waals surface area contributed by atoms with Gasteiger partial charge < -0.3 is 16.8 Å². The lowest BCUT2D eigenvalue weighted by atomic mass is 9.85. The molecular formula is C12H17N3O. The predicted octanol–water partition coefficient (Wildman–Crippen LogP) is 1.38. The summed E-state index contributed by atoms with van der Waals surface area (Å²) in [5, 5.41) is 2.90. The molecule has 1 aromatic rings. The van der Waals surface area contributed by atoms with Crippen LogP contribution in [0.2, 0.25) is 0 Å². The number of nitrogens with one attached hydrogen (secondary N) is 1. The Bertz CT molecular complexity index is 399. The average Bonchev–Trinajstić information content (AvgIpc) is 2.14. The van der Waals surface area contributed by atoms with Gasteiger partial charge in [-0.3, -0.25) is 4.79 Å². The molecule has 1 aromatic carbocycles. The summed E-state index contributed by atoms with van der Waals surface area (Å²) < 4.78 is 0. The first-order valence-corrected chi connectivity index (χ1v) is 5.60. The van der Waals surface area contributed by atoms with Gasteiger partial charge >= 0.3 is 0 Å². The van der Waals surface area contributed by atoms with Crippen molar-refractivity contribution in [3.8, 4) is 0 Å². The Labute approximate surface area is 95.0 Å². The number of hydrogen-bond donors (Lipinski definition) is 3. The van der Waals surface area contributed by atoms with Crippen molar-refractivity contribution < 1.29 is 4.79 Å². The van der Waals surface area contributed by atoms with Gasteiger partial charge in [-0.1, -0.05) is 6.42 Å². The average molecular weight is 219 g/mol. The molecule has 0 spiro atoms. The predicted molar refractivity (Wildman–Crippen MR) is 64.9 cm³/mol. The third-order valence-corrected chi connectivity index (χ3v) is 3.10. The lowest BCUT2D eigenvalue weighted by molar-refractivity contribution is 0.0940. The van der Waals surface area contributed by atoms with Gasteiger partial charge in [-0.25, -0.2) is 0 Å². The smallest absolute Gasteiger partial charge is 0.253 e. The molecule has 2 rings (SSSR count). The highest BCUT2D eigenvalue weighted by molar-refractivity contribution is 5.99. The van der Waals surface area contributed by atoms with Crippen LogP contribution < -0.4 is 16.8 Å². The molecular weight excluding hydrogens is 202 g/mol. The minimum atomic E-state index is -0.107. The summed E-state index contributed by atoms with van der Waals surface area (Å²) in [6, 6.07) is 4.97. The van der Waals surface area contributed by atoms with Crippen LogP contribution >= 0.6 is 0 Å². The van der Waals surface area contributed by atoms with Crippen molar-refractivity contribution in [2.45, 2.75) is 19.3 Å². The number of benzene rings is 1. The van der Waals surface area contributed by atoms with Gasteiger partial charge in [0, 0.05) is 17.9 Å². The number of carbonyl (C=O) groups excluding carboxylic acids is 1. The largest absolute Gasteiger partial charge is 0.399 e. The molecule has 1 saturated carbocycles. The third kappa shape index (κ3) is 2.27. The first kappa shape index (κ1) is 10.8. The van der Waals surface area contributed by atoms with Gasteiger partial charge in [0.15, 0.2) is 0 Å². The van der Waals surface area contributed by atoms with Crippen LogP contribution in [0.1, 0.15) is 29.6 Å². The lowest BCUT2D eigenvalue weighted by Gasteiger charge is -2.25. The van der Waals surface area contributed by atoms with Crippen molar-refractivity contribution in [3.05, 3.63) is 23.8 Å². The van der Waals surface area contributed by atoms with E-state index in [-0.39, 0.29) is 5.91 Å². The van der Waals surface area contributed by atoms with E-state index in [4.69, 9.17) is 11.5 Å². The van der Waals surface area contributed by atoms with Gasteiger partial charge in [-0.05, 0) is 37.0 Å². The van der Waals surface area contributed by atoms with E-state index < -0.39 is 0 Å². The summed E-state index contributed by atoms with van der Waals surface area (Å²) >= 11 is 0. The van der Waals surface area contributed by atoms with Crippen molar-refractivity contribution in [1.82, 2.24) is 5.32 Å². The minimum absolute atomic E-state index is 0.107. The Morgan fingerprint density at radius 2 is 2.12 bits per heavy atom. The van der Waals surface area contributed by atoms with Crippen LogP contribution in [0.4, 0.5) is 11.4 Å². The Hall–Kier alpha value is -1.71. The minimum Gasteiger partial charge on any atom is -0.399 e. The van der Waals surface area contributed by atoms with Crippen molar-refractivity contribution in [3.63, 3.8) is 0 Å². The van der Waals surface area contributed by atoms with Crippen molar-refractivity contribution in [1.29, 1.82) is 0 Å². The van der Waals surface area contributed by atoms with E-state index in [0.717, 1.165) is 6.54 Å². The zero-order valence-electron chi connectivity index (χ0n) is 9.20. The fourth-order valence-electron chi connectivity index (χ4n) is 1.82. The second-order valence-corrected chi connectivity index (χ2v) is 4.35. The lowest BCUT2D eigenvalue weighted by Crippen LogP contribution is -2.32. The molecule has 0 bridgehead atoms. The summed E-state index contributed by atoms with van der Waals surface area (Å²) in [4.78, 5) is 11.8. The molecule has 1 amide bonds. The number of anilines is 2. The normalized spacial score (nSPS) is 15.5. The van der Waals surface area contributed by atoms with E-state index in [0.29, 0.717) is 22.9 Å².